The predicted octanol–water partition coefficient (Wildman–Crippen LogP) is 4.27. The Morgan fingerprint density at radius 3 is 2.81 bits per heavy atom. The minimum Gasteiger partial charge on any atom is -0.351 e. The standard InChI is InChI=1S/C20H20ClFN2O2S/c21-15-7-8-16(18(12-15)24-10-3-6-19(24)25)20(26)23-9-11-27-13-14-4-1-2-5-17(14)22/h1-2,4-5,7-8,12H,3,6,9-11,13H2,(H,23,26). The van der Waals surface area contributed by atoms with Crippen LogP contribution in [-0.2, 0) is 10.5 Å². The number of benzene rings is 2. The zero-order chi connectivity index (χ0) is 19.2. The van der Waals surface area contributed by atoms with Gasteiger partial charge in [0.1, 0.15) is 5.82 Å². The molecule has 27 heavy (non-hydrogen) atoms. The van der Waals surface area contributed by atoms with E-state index in [0.29, 0.717) is 52.9 Å². The first-order valence-corrected chi connectivity index (χ1v) is 10.3. The Morgan fingerprint density at radius 2 is 2.07 bits per heavy atom. The van der Waals surface area contributed by atoms with E-state index in [9.17, 15) is 14.0 Å². The number of halogens is 2. The lowest BCUT2D eigenvalue weighted by Gasteiger charge is -2.19. The quantitative estimate of drug-likeness (QED) is 0.698. The van der Waals surface area contributed by atoms with Gasteiger partial charge in [-0.15, -0.1) is 0 Å². The normalized spacial score (nSPS) is 13.9. The van der Waals surface area contributed by atoms with E-state index in [1.165, 1.54) is 6.07 Å². The summed E-state index contributed by atoms with van der Waals surface area (Å²) < 4.78 is 13.6. The van der Waals surface area contributed by atoms with Gasteiger partial charge in [-0.3, -0.25) is 9.59 Å². The lowest BCUT2D eigenvalue weighted by molar-refractivity contribution is -0.117. The Balaban J connectivity index is 1.55. The van der Waals surface area contributed by atoms with Crippen LogP contribution in [0.1, 0.15) is 28.8 Å². The second-order valence-corrected chi connectivity index (χ2v) is 7.75. The van der Waals surface area contributed by atoms with Crippen molar-refractivity contribution >= 4 is 40.9 Å². The summed E-state index contributed by atoms with van der Waals surface area (Å²) in [6.45, 7) is 1.05. The van der Waals surface area contributed by atoms with Crippen LogP contribution in [0, 0.1) is 5.82 Å². The molecular formula is C20H20ClFN2O2S. The third kappa shape index (κ3) is 5.02. The van der Waals surface area contributed by atoms with Gasteiger partial charge in [0.15, 0.2) is 0 Å². The summed E-state index contributed by atoms with van der Waals surface area (Å²) in [5.41, 5.74) is 1.65. The van der Waals surface area contributed by atoms with E-state index in [-0.39, 0.29) is 17.6 Å². The maximum atomic E-state index is 13.6. The summed E-state index contributed by atoms with van der Waals surface area (Å²) in [6.07, 6.45) is 1.26. The van der Waals surface area contributed by atoms with Crippen molar-refractivity contribution in [3.05, 3.63) is 64.4 Å². The first kappa shape index (κ1) is 19.7. The van der Waals surface area contributed by atoms with E-state index in [1.807, 2.05) is 6.07 Å². The molecule has 3 rings (SSSR count). The molecule has 2 amide bonds. The molecule has 4 nitrogen and oxygen atoms in total. The molecule has 0 bridgehead atoms. The summed E-state index contributed by atoms with van der Waals surface area (Å²) in [7, 11) is 0. The van der Waals surface area contributed by atoms with Gasteiger partial charge in [-0.25, -0.2) is 4.39 Å². The number of hydrogen-bond donors (Lipinski definition) is 1. The zero-order valence-electron chi connectivity index (χ0n) is 14.7. The maximum Gasteiger partial charge on any atom is 0.253 e. The summed E-state index contributed by atoms with van der Waals surface area (Å²) in [4.78, 5) is 26.2. The van der Waals surface area contributed by atoms with Gasteiger partial charge in [0.05, 0.1) is 11.3 Å². The van der Waals surface area contributed by atoms with Crippen molar-refractivity contribution in [2.45, 2.75) is 18.6 Å². The molecule has 7 heteroatoms. The van der Waals surface area contributed by atoms with E-state index in [1.54, 1.807) is 47.0 Å². The molecule has 1 aliphatic rings. The number of carbonyl (C=O) groups is 2. The monoisotopic (exact) mass is 406 g/mol. The molecule has 1 fully saturated rings. The van der Waals surface area contributed by atoms with Crippen LogP contribution in [0.25, 0.3) is 0 Å². The average molecular weight is 407 g/mol. The fourth-order valence-corrected chi connectivity index (χ4v) is 3.96. The molecule has 0 atom stereocenters. The molecule has 0 radical (unpaired) electrons. The van der Waals surface area contributed by atoms with Crippen LogP contribution >= 0.6 is 23.4 Å². The minimum atomic E-state index is -0.243. The highest BCUT2D eigenvalue weighted by Crippen LogP contribution is 2.28. The Kier molecular flexibility index (Phi) is 6.74. The van der Waals surface area contributed by atoms with Gasteiger partial charge >= 0.3 is 0 Å². The van der Waals surface area contributed by atoms with Crippen molar-refractivity contribution < 1.29 is 14.0 Å². The molecule has 142 valence electrons. The zero-order valence-corrected chi connectivity index (χ0v) is 16.3. The highest BCUT2D eigenvalue weighted by atomic mass is 35.5. The van der Waals surface area contributed by atoms with Gasteiger partial charge in [-0.05, 0) is 36.2 Å². The Hall–Kier alpha value is -2.05. The van der Waals surface area contributed by atoms with Gasteiger partial charge < -0.3 is 10.2 Å². The number of carbonyl (C=O) groups excluding carboxylic acids is 2. The third-order valence-electron chi connectivity index (χ3n) is 4.32. The van der Waals surface area contributed by atoms with Gasteiger partial charge in [-0.1, -0.05) is 29.8 Å². The number of hydrogen-bond acceptors (Lipinski definition) is 3. The smallest absolute Gasteiger partial charge is 0.253 e. The van der Waals surface area contributed by atoms with Crippen molar-refractivity contribution in [3.63, 3.8) is 0 Å². The van der Waals surface area contributed by atoms with Gasteiger partial charge in [0.25, 0.3) is 5.91 Å². The van der Waals surface area contributed by atoms with Gasteiger partial charge in [0, 0.05) is 36.0 Å². The molecule has 0 saturated carbocycles. The molecule has 1 heterocycles. The fraction of sp³-hybridized carbons (Fsp3) is 0.300. The summed E-state index contributed by atoms with van der Waals surface area (Å²) in [5, 5.41) is 3.35. The molecular weight excluding hydrogens is 387 g/mol. The van der Waals surface area contributed by atoms with Crippen molar-refractivity contribution in [1.29, 1.82) is 0 Å². The van der Waals surface area contributed by atoms with Crippen LogP contribution in [-0.4, -0.2) is 30.7 Å². The number of anilines is 1. The molecule has 0 aliphatic carbocycles. The SMILES string of the molecule is O=C(NCCSCc1ccccc1F)c1ccc(Cl)cc1N1CCCC1=O. The first-order chi connectivity index (χ1) is 13.1. The Morgan fingerprint density at radius 1 is 1.26 bits per heavy atom. The molecule has 2 aromatic carbocycles. The molecule has 1 N–H and O–H groups in total. The minimum absolute atomic E-state index is 0.00626. The van der Waals surface area contributed by atoms with Crippen molar-refractivity contribution in [2.75, 3.05) is 23.7 Å². The molecule has 0 aromatic heterocycles. The van der Waals surface area contributed by atoms with Crippen LogP contribution in [0.3, 0.4) is 0 Å². The number of nitrogens with one attached hydrogen (secondary N) is 1. The van der Waals surface area contributed by atoms with Crippen molar-refractivity contribution in [2.24, 2.45) is 0 Å². The summed E-state index contributed by atoms with van der Waals surface area (Å²) in [6, 6.07) is 11.6. The molecule has 1 aliphatic heterocycles. The van der Waals surface area contributed by atoms with Crippen LogP contribution in [0.15, 0.2) is 42.5 Å². The van der Waals surface area contributed by atoms with E-state index in [0.717, 1.165) is 6.42 Å². The van der Waals surface area contributed by atoms with E-state index < -0.39 is 0 Å². The van der Waals surface area contributed by atoms with E-state index in [4.69, 9.17) is 11.6 Å². The van der Waals surface area contributed by atoms with Crippen LogP contribution < -0.4 is 10.2 Å². The van der Waals surface area contributed by atoms with E-state index in [2.05, 4.69) is 5.32 Å². The lowest BCUT2D eigenvalue weighted by Crippen LogP contribution is -2.30. The van der Waals surface area contributed by atoms with Crippen LogP contribution in [0.5, 0.6) is 0 Å². The summed E-state index contributed by atoms with van der Waals surface area (Å²) >= 11 is 7.61. The summed E-state index contributed by atoms with van der Waals surface area (Å²) in [5.74, 6) is 0.762. The van der Waals surface area contributed by atoms with Crippen LogP contribution in [0.2, 0.25) is 5.02 Å². The maximum absolute atomic E-state index is 13.6. The average Bonchev–Trinajstić information content (AvgIpc) is 3.08. The molecule has 2 aromatic rings. The van der Waals surface area contributed by atoms with Crippen LogP contribution in [0.4, 0.5) is 10.1 Å². The third-order valence-corrected chi connectivity index (χ3v) is 5.56. The van der Waals surface area contributed by atoms with E-state index >= 15 is 0 Å². The number of amides is 2. The Bertz CT molecular complexity index is 846. The predicted molar refractivity (Wildman–Crippen MR) is 108 cm³/mol. The second kappa shape index (κ2) is 9.24. The number of rotatable bonds is 7. The largest absolute Gasteiger partial charge is 0.351 e. The fourth-order valence-electron chi connectivity index (χ4n) is 2.95. The molecule has 1 saturated heterocycles. The number of thioether (sulfide) groups is 1. The van der Waals surface area contributed by atoms with Crippen molar-refractivity contribution in [3.8, 4) is 0 Å². The molecule has 0 unspecified atom stereocenters. The first-order valence-electron chi connectivity index (χ1n) is 8.75. The topological polar surface area (TPSA) is 49.4 Å². The highest BCUT2D eigenvalue weighted by Gasteiger charge is 2.26. The number of nitrogens with zero attached hydrogens (tertiary/aromatic N) is 1. The molecule has 0 spiro atoms. The van der Waals surface area contributed by atoms with Gasteiger partial charge in [-0.2, -0.15) is 11.8 Å². The Labute approximate surface area is 167 Å². The second-order valence-electron chi connectivity index (χ2n) is 6.21. The van der Waals surface area contributed by atoms with Crippen molar-refractivity contribution in [1.82, 2.24) is 5.32 Å². The highest BCUT2D eigenvalue weighted by molar-refractivity contribution is 7.98. The lowest BCUT2D eigenvalue weighted by atomic mass is 10.1. The van der Waals surface area contributed by atoms with Gasteiger partial charge in [0.2, 0.25) is 5.91 Å².